The van der Waals surface area contributed by atoms with Gasteiger partial charge in [0.05, 0.1) is 0 Å². The van der Waals surface area contributed by atoms with E-state index >= 15 is 0 Å². The first-order valence-electron chi connectivity index (χ1n) is 20.7. The Morgan fingerprint density at radius 2 is 0.917 bits per heavy atom. The van der Waals surface area contributed by atoms with E-state index < -0.39 is 8.07 Å². The van der Waals surface area contributed by atoms with E-state index in [4.69, 9.17) is 15.0 Å². The van der Waals surface area contributed by atoms with Gasteiger partial charge >= 0.3 is 0 Å². The van der Waals surface area contributed by atoms with Gasteiger partial charge in [-0.1, -0.05) is 192 Å². The summed E-state index contributed by atoms with van der Waals surface area (Å²) in [6, 6.07) is 70.9. The van der Waals surface area contributed by atoms with Crippen LogP contribution in [-0.2, 0) is 0 Å². The van der Waals surface area contributed by atoms with Crippen LogP contribution in [0.25, 0.3) is 34.2 Å². The van der Waals surface area contributed by atoms with Gasteiger partial charge in [-0.15, -0.1) is 0 Å². The number of aromatic nitrogens is 3. The molecule has 0 saturated heterocycles. The zero-order valence-corrected chi connectivity index (χ0v) is 34.8. The molecule has 60 heavy (non-hydrogen) atoms. The molecule has 11 rings (SSSR count). The van der Waals surface area contributed by atoms with E-state index in [9.17, 15) is 0 Å². The molecule has 1 aromatic heterocycles. The van der Waals surface area contributed by atoms with Crippen molar-refractivity contribution >= 4 is 69.0 Å². The van der Waals surface area contributed by atoms with E-state index in [1.165, 1.54) is 70.9 Å². The molecule has 0 spiro atoms. The summed E-state index contributed by atoms with van der Waals surface area (Å²) in [7, 11) is -3.05. The summed E-state index contributed by atoms with van der Waals surface area (Å²) in [5.74, 6) is 1.96. The highest BCUT2D eigenvalue weighted by molar-refractivity contribution is 7.22. The average Bonchev–Trinajstić information content (AvgIpc) is 3.30. The molecule has 0 N–H and O–H groups in total. The molecule has 0 amide bonds. The molecular weight excluding hydrogens is 744 g/mol. The third-order valence-corrected chi connectivity index (χ3v) is 17.4. The monoisotopic (exact) mass is 784 g/mol. The number of nitrogens with zero attached hydrogens (tertiary/aromatic N) is 4. The highest BCUT2D eigenvalue weighted by Crippen LogP contribution is 2.40. The Morgan fingerprint density at radius 3 is 1.50 bits per heavy atom. The Labute approximate surface area is 353 Å². The fourth-order valence-electron chi connectivity index (χ4n) is 10.2. The second-order valence-corrected chi connectivity index (χ2v) is 19.9. The SMILES string of the molecule is Cc1cc(C)c(B2c3ccccc3N3c4ccc(-c5nc(-c6ccccc6)nc(-c6ccccc6)n5)cc4[Si](c4ccccc4)(c4ccccc4)c4cccc2c43)c(C)c1. The Kier molecular flexibility index (Phi) is 8.57. The predicted octanol–water partition coefficient (Wildman–Crippen LogP) is 7.79. The number of anilines is 3. The van der Waals surface area contributed by atoms with Gasteiger partial charge in [0.25, 0.3) is 0 Å². The Morgan fingerprint density at radius 1 is 0.417 bits per heavy atom. The summed E-state index contributed by atoms with van der Waals surface area (Å²) >= 11 is 0. The van der Waals surface area contributed by atoms with Crippen LogP contribution < -0.4 is 42.0 Å². The molecule has 4 nitrogen and oxygen atoms in total. The lowest BCUT2D eigenvalue weighted by Crippen LogP contribution is -2.78. The van der Waals surface area contributed by atoms with E-state index in [-0.39, 0.29) is 6.71 Å². The number of benzene rings is 8. The molecule has 0 aliphatic carbocycles. The average molecular weight is 785 g/mol. The number of para-hydroxylation sites is 2. The first kappa shape index (κ1) is 36.0. The molecular formula is C54H41BN4Si. The quantitative estimate of drug-likeness (QED) is 0.162. The molecule has 0 saturated carbocycles. The lowest BCUT2D eigenvalue weighted by atomic mass is 9.34. The summed E-state index contributed by atoms with van der Waals surface area (Å²) in [6.45, 7) is 6.86. The largest absolute Gasteiger partial charge is 0.312 e. The summed E-state index contributed by atoms with van der Waals surface area (Å²) in [5.41, 5.74) is 14.6. The molecule has 0 unspecified atom stereocenters. The second kappa shape index (κ2) is 14.3. The number of hydrogen-bond donors (Lipinski definition) is 0. The van der Waals surface area contributed by atoms with Gasteiger partial charge in [-0.25, -0.2) is 15.0 Å². The van der Waals surface area contributed by atoms with Crippen molar-refractivity contribution in [3.05, 3.63) is 211 Å². The summed E-state index contributed by atoms with van der Waals surface area (Å²) < 4.78 is 0. The fourth-order valence-corrected chi connectivity index (χ4v) is 15.4. The van der Waals surface area contributed by atoms with Crippen LogP contribution in [0.1, 0.15) is 16.7 Å². The van der Waals surface area contributed by atoms with Crippen LogP contribution in [-0.4, -0.2) is 29.7 Å². The van der Waals surface area contributed by atoms with Crippen molar-refractivity contribution in [3.8, 4) is 34.2 Å². The van der Waals surface area contributed by atoms with Crippen LogP contribution in [0.15, 0.2) is 194 Å². The molecule has 0 bridgehead atoms. The second-order valence-electron chi connectivity index (χ2n) is 16.1. The van der Waals surface area contributed by atoms with Gasteiger partial charge in [-0.2, -0.15) is 0 Å². The normalized spacial score (nSPS) is 13.3. The van der Waals surface area contributed by atoms with Gasteiger partial charge < -0.3 is 4.90 Å². The summed E-state index contributed by atoms with van der Waals surface area (Å²) in [4.78, 5) is 18.1. The third kappa shape index (κ3) is 5.55. The van der Waals surface area contributed by atoms with E-state index in [0.717, 1.165) is 16.7 Å². The Bertz CT molecular complexity index is 2960. The smallest absolute Gasteiger partial charge is 0.247 e. The van der Waals surface area contributed by atoms with Crippen LogP contribution in [0.3, 0.4) is 0 Å². The molecule has 0 fully saturated rings. The van der Waals surface area contributed by atoms with Crippen molar-refractivity contribution in [2.75, 3.05) is 4.90 Å². The number of aryl methyl sites for hydroxylation is 3. The lowest BCUT2D eigenvalue weighted by molar-refractivity contribution is 1.07. The van der Waals surface area contributed by atoms with Crippen molar-refractivity contribution in [2.45, 2.75) is 20.8 Å². The van der Waals surface area contributed by atoms with Gasteiger partial charge in [0.2, 0.25) is 6.71 Å². The number of rotatable bonds is 6. The van der Waals surface area contributed by atoms with Gasteiger partial charge in [-0.3, -0.25) is 0 Å². The van der Waals surface area contributed by atoms with Crippen molar-refractivity contribution in [3.63, 3.8) is 0 Å². The van der Waals surface area contributed by atoms with Gasteiger partial charge in [0.15, 0.2) is 25.5 Å². The highest BCUT2D eigenvalue weighted by atomic mass is 28.3. The zero-order valence-electron chi connectivity index (χ0n) is 33.8. The summed E-state index contributed by atoms with van der Waals surface area (Å²) in [6.07, 6.45) is 0. The van der Waals surface area contributed by atoms with Crippen LogP contribution >= 0.6 is 0 Å². The molecule has 9 aromatic rings. The standard InChI is InChI=1S/C54H41BN4Si/c1-36-33-37(2)50(38(3)34-36)55-44-27-16-17-29-46(44)59-47-32-31-41(54-57-52(39-19-8-4-9-20-39)56-53(58-54)40-21-10-5-11-22-40)35-49(47)60(42-23-12-6-13-24-42,43-25-14-7-15-26-43)48-30-18-28-45(55)51(48)59/h4-35H,1-3H3. The number of fused-ring (bicyclic) bond motifs is 4. The van der Waals surface area contributed by atoms with Gasteiger partial charge in [-0.05, 0) is 76.7 Å². The predicted molar refractivity (Wildman–Crippen MR) is 253 cm³/mol. The first-order chi connectivity index (χ1) is 29.5. The van der Waals surface area contributed by atoms with E-state index in [0.29, 0.717) is 17.5 Å². The lowest BCUT2D eigenvalue weighted by Gasteiger charge is -2.49. The minimum absolute atomic E-state index is 0.0742. The summed E-state index contributed by atoms with van der Waals surface area (Å²) in [5, 5.41) is 5.37. The minimum atomic E-state index is -3.05. The molecule has 284 valence electrons. The molecule has 0 atom stereocenters. The van der Waals surface area contributed by atoms with Crippen molar-refractivity contribution < 1.29 is 0 Å². The first-order valence-corrected chi connectivity index (χ1v) is 22.7. The van der Waals surface area contributed by atoms with Crippen molar-refractivity contribution in [2.24, 2.45) is 0 Å². The van der Waals surface area contributed by atoms with Crippen molar-refractivity contribution in [1.82, 2.24) is 15.0 Å². The number of hydrogen-bond acceptors (Lipinski definition) is 4. The third-order valence-electron chi connectivity index (χ3n) is 12.5. The molecule has 6 heteroatoms. The maximum absolute atomic E-state index is 5.23. The topological polar surface area (TPSA) is 41.9 Å². The van der Waals surface area contributed by atoms with Crippen LogP contribution in [0.2, 0.25) is 0 Å². The van der Waals surface area contributed by atoms with Gasteiger partial charge in [0.1, 0.15) is 0 Å². The van der Waals surface area contributed by atoms with Gasteiger partial charge in [0, 0.05) is 33.8 Å². The maximum atomic E-state index is 5.23. The molecule has 2 aliphatic rings. The Hall–Kier alpha value is -7.15. The molecule has 8 aromatic carbocycles. The van der Waals surface area contributed by atoms with E-state index in [1.807, 2.05) is 36.4 Å². The van der Waals surface area contributed by atoms with E-state index in [1.54, 1.807) is 0 Å². The van der Waals surface area contributed by atoms with Crippen LogP contribution in [0.5, 0.6) is 0 Å². The molecule has 3 heterocycles. The van der Waals surface area contributed by atoms with Crippen LogP contribution in [0.4, 0.5) is 17.1 Å². The highest BCUT2D eigenvalue weighted by Gasteiger charge is 2.52. The fraction of sp³-hybridized carbons (Fsp3) is 0.0556. The molecule has 2 aliphatic heterocycles. The van der Waals surface area contributed by atoms with E-state index in [2.05, 4.69) is 183 Å². The van der Waals surface area contributed by atoms with Crippen molar-refractivity contribution in [1.29, 1.82) is 0 Å². The van der Waals surface area contributed by atoms with Crippen LogP contribution in [0, 0.1) is 20.8 Å². The molecule has 0 radical (unpaired) electrons. The zero-order chi connectivity index (χ0) is 40.4. The maximum Gasteiger partial charge on any atom is 0.247 e. The minimum Gasteiger partial charge on any atom is -0.312 e. The Balaban J connectivity index is 1.24.